The lowest BCUT2D eigenvalue weighted by Gasteiger charge is -2.17. The molecule has 6 nitrogen and oxygen atoms in total. The van der Waals surface area contributed by atoms with Crippen LogP contribution in [0.4, 0.5) is 17.1 Å². The third-order valence-corrected chi connectivity index (χ3v) is 3.21. The lowest BCUT2D eigenvalue weighted by atomic mass is 9.99. The second-order valence-electron chi connectivity index (χ2n) is 4.70. The molecule has 4 N–H and O–H groups in total. The maximum absolute atomic E-state index is 10.9. The van der Waals surface area contributed by atoms with E-state index in [1.807, 2.05) is 13.8 Å². The molecular weight excluding hydrogens is 246 g/mol. The van der Waals surface area contributed by atoms with E-state index in [1.54, 1.807) is 12.1 Å². The van der Waals surface area contributed by atoms with Crippen LogP contribution in [0.5, 0.6) is 0 Å². The van der Waals surface area contributed by atoms with Gasteiger partial charge in [-0.1, -0.05) is 13.8 Å². The summed E-state index contributed by atoms with van der Waals surface area (Å²) in [4.78, 5) is 10.4. The van der Waals surface area contributed by atoms with Crippen LogP contribution in [0.15, 0.2) is 18.2 Å². The number of hydrogen-bond acceptors (Lipinski definition) is 5. The van der Waals surface area contributed by atoms with Crippen LogP contribution in [0, 0.1) is 16.0 Å². The molecule has 1 rings (SSSR count). The summed E-state index contributed by atoms with van der Waals surface area (Å²) in [7, 11) is 0. The van der Waals surface area contributed by atoms with Gasteiger partial charge in [0.25, 0.3) is 5.69 Å². The van der Waals surface area contributed by atoms with E-state index in [0.29, 0.717) is 24.3 Å². The largest absolute Gasteiger partial charge is 0.399 e. The van der Waals surface area contributed by atoms with Crippen LogP contribution in [-0.2, 0) is 0 Å². The Morgan fingerprint density at radius 3 is 2.79 bits per heavy atom. The maximum atomic E-state index is 10.9. The molecule has 0 aliphatic rings. The van der Waals surface area contributed by atoms with Gasteiger partial charge in [-0.25, -0.2) is 0 Å². The first-order chi connectivity index (χ1) is 8.95. The van der Waals surface area contributed by atoms with Gasteiger partial charge >= 0.3 is 0 Å². The van der Waals surface area contributed by atoms with Crippen LogP contribution >= 0.6 is 0 Å². The Kier molecular flexibility index (Phi) is 5.57. The van der Waals surface area contributed by atoms with E-state index in [-0.39, 0.29) is 17.7 Å². The number of aliphatic hydroxyl groups excluding tert-OH is 1. The van der Waals surface area contributed by atoms with Crippen molar-refractivity contribution in [3.8, 4) is 0 Å². The summed E-state index contributed by atoms with van der Waals surface area (Å²) in [5.41, 5.74) is 6.33. The van der Waals surface area contributed by atoms with E-state index in [1.165, 1.54) is 6.07 Å². The summed E-state index contributed by atoms with van der Waals surface area (Å²) in [6.07, 6.45) is 1.13. The fourth-order valence-electron chi connectivity index (χ4n) is 1.88. The number of nitrogens with two attached hydrogens (primary N) is 1. The topological polar surface area (TPSA) is 101 Å². The number of nitro groups is 1. The monoisotopic (exact) mass is 267 g/mol. The molecule has 0 fully saturated rings. The lowest BCUT2D eigenvalue weighted by Crippen LogP contribution is -2.19. The molecule has 0 heterocycles. The van der Waals surface area contributed by atoms with Gasteiger partial charge in [0.2, 0.25) is 0 Å². The zero-order chi connectivity index (χ0) is 14.4. The maximum Gasteiger partial charge on any atom is 0.294 e. The average molecular weight is 267 g/mol. The number of aliphatic hydroxyl groups is 1. The van der Waals surface area contributed by atoms with Crippen molar-refractivity contribution in [1.82, 2.24) is 0 Å². The van der Waals surface area contributed by atoms with Gasteiger partial charge in [0.15, 0.2) is 0 Å². The van der Waals surface area contributed by atoms with Crippen molar-refractivity contribution in [2.45, 2.75) is 32.8 Å². The number of nitrogen functional groups attached to an aromatic ring is 1. The van der Waals surface area contributed by atoms with Gasteiger partial charge in [-0.3, -0.25) is 10.1 Å². The minimum Gasteiger partial charge on any atom is -0.399 e. The summed E-state index contributed by atoms with van der Waals surface area (Å²) < 4.78 is 0. The molecule has 0 aliphatic carbocycles. The average Bonchev–Trinajstić information content (AvgIpc) is 2.38. The Hall–Kier alpha value is -1.82. The first-order valence-electron chi connectivity index (χ1n) is 6.41. The summed E-state index contributed by atoms with van der Waals surface area (Å²) in [6.45, 7) is 4.47. The molecule has 0 saturated carbocycles. The second-order valence-corrected chi connectivity index (χ2v) is 4.70. The molecule has 2 unspecified atom stereocenters. The lowest BCUT2D eigenvalue weighted by molar-refractivity contribution is -0.383. The van der Waals surface area contributed by atoms with E-state index in [2.05, 4.69) is 5.32 Å². The van der Waals surface area contributed by atoms with Crippen molar-refractivity contribution in [3.63, 3.8) is 0 Å². The predicted octanol–water partition coefficient (Wildman–Crippen LogP) is 2.39. The Morgan fingerprint density at radius 2 is 2.21 bits per heavy atom. The van der Waals surface area contributed by atoms with Gasteiger partial charge < -0.3 is 16.2 Å². The van der Waals surface area contributed by atoms with Crippen LogP contribution in [-0.4, -0.2) is 22.7 Å². The summed E-state index contributed by atoms with van der Waals surface area (Å²) in [6, 6.07) is 4.57. The first kappa shape index (κ1) is 15.2. The number of hydrogen-bond donors (Lipinski definition) is 3. The number of nitrogens with zero attached hydrogens (tertiary/aromatic N) is 1. The Labute approximate surface area is 112 Å². The highest BCUT2D eigenvalue weighted by molar-refractivity contribution is 5.66. The van der Waals surface area contributed by atoms with Crippen molar-refractivity contribution < 1.29 is 10.0 Å². The van der Waals surface area contributed by atoms with E-state index in [9.17, 15) is 15.2 Å². The molecule has 0 saturated heterocycles. The van der Waals surface area contributed by atoms with Crippen LogP contribution < -0.4 is 11.1 Å². The smallest absolute Gasteiger partial charge is 0.294 e. The van der Waals surface area contributed by atoms with Crippen LogP contribution in [0.25, 0.3) is 0 Å². The zero-order valence-electron chi connectivity index (χ0n) is 11.3. The highest BCUT2D eigenvalue weighted by Gasteiger charge is 2.15. The number of anilines is 2. The predicted molar refractivity (Wildman–Crippen MR) is 76.1 cm³/mol. The third-order valence-electron chi connectivity index (χ3n) is 3.21. The van der Waals surface area contributed by atoms with Gasteiger partial charge in [-0.05, 0) is 30.9 Å². The SMILES string of the molecule is CCC(O)C(C)CCNc1ccc(N)cc1[N+](=O)[O-]. The number of nitrogens with one attached hydrogen (secondary N) is 1. The minimum absolute atomic E-state index is 0.0244. The van der Waals surface area contributed by atoms with Crippen molar-refractivity contribution in [3.05, 3.63) is 28.3 Å². The molecule has 106 valence electrons. The summed E-state index contributed by atoms with van der Waals surface area (Å²) in [5.74, 6) is 0.158. The van der Waals surface area contributed by atoms with Crippen molar-refractivity contribution in [2.24, 2.45) is 5.92 Å². The van der Waals surface area contributed by atoms with Gasteiger partial charge in [0.1, 0.15) is 5.69 Å². The molecule has 0 amide bonds. The Morgan fingerprint density at radius 1 is 1.53 bits per heavy atom. The third kappa shape index (κ3) is 4.40. The minimum atomic E-state index is -0.455. The van der Waals surface area contributed by atoms with Gasteiger partial charge in [-0.2, -0.15) is 0 Å². The molecule has 2 atom stereocenters. The molecular formula is C13H21N3O3. The molecule has 1 aromatic carbocycles. The van der Waals surface area contributed by atoms with E-state index in [0.717, 1.165) is 6.42 Å². The van der Waals surface area contributed by atoms with Crippen LogP contribution in [0.2, 0.25) is 0 Å². The number of rotatable bonds is 7. The molecule has 0 spiro atoms. The van der Waals surface area contributed by atoms with E-state index in [4.69, 9.17) is 5.73 Å². The standard InChI is InChI=1S/C13H21N3O3/c1-3-13(17)9(2)6-7-15-11-5-4-10(14)8-12(11)16(18)19/h4-5,8-9,13,15,17H,3,6-7,14H2,1-2H3. The molecule has 6 heteroatoms. The summed E-state index contributed by atoms with van der Waals surface area (Å²) >= 11 is 0. The van der Waals surface area contributed by atoms with E-state index >= 15 is 0 Å². The van der Waals surface area contributed by atoms with Crippen molar-refractivity contribution in [2.75, 3.05) is 17.6 Å². The van der Waals surface area contributed by atoms with E-state index < -0.39 is 4.92 Å². The first-order valence-corrected chi connectivity index (χ1v) is 6.41. The molecule has 1 aromatic rings. The molecule has 0 aliphatic heterocycles. The molecule has 0 aromatic heterocycles. The quantitative estimate of drug-likeness (QED) is 0.400. The van der Waals surface area contributed by atoms with Crippen molar-refractivity contribution in [1.29, 1.82) is 0 Å². The molecule has 0 radical (unpaired) electrons. The number of benzene rings is 1. The second kappa shape index (κ2) is 6.94. The normalized spacial score (nSPS) is 13.8. The fourth-order valence-corrected chi connectivity index (χ4v) is 1.88. The number of nitro benzene ring substituents is 1. The van der Waals surface area contributed by atoms with Gasteiger partial charge in [0.05, 0.1) is 11.0 Å². The highest BCUT2D eigenvalue weighted by Crippen LogP contribution is 2.26. The Bertz CT molecular complexity index is 437. The fraction of sp³-hybridized carbons (Fsp3) is 0.538. The molecule has 19 heavy (non-hydrogen) atoms. The van der Waals surface area contributed by atoms with Gasteiger partial charge in [0, 0.05) is 18.3 Å². The highest BCUT2D eigenvalue weighted by atomic mass is 16.6. The Balaban J connectivity index is 2.61. The van der Waals surface area contributed by atoms with Crippen molar-refractivity contribution >= 4 is 17.1 Å². The van der Waals surface area contributed by atoms with Crippen LogP contribution in [0.1, 0.15) is 26.7 Å². The zero-order valence-corrected chi connectivity index (χ0v) is 11.3. The molecule has 0 bridgehead atoms. The summed E-state index contributed by atoms with van der Waals surface area (Å²) in [5, 5.41) is 23.6. The van der Waals surface area contributed by atoms with Gasteiger partial charge in [-0.15, -0.1) is 0 Å². The van der Waals surface area contributed by atoms with Crippen LogP contribution in [0.3, 0.4) is 0 Å².